The predicted octanol–water partition coefficient (Wildman–Crippen LogP) is 4.80. The molecule has 0 saturated carbocycles. The minimum absolute atomic E-state index is 0.773. The summed E-state index contributed by atoms with van der Waals surface area (Å²) in [5.41, 5.74) is 2.36. The molecule has 1 aliphatic rings. The van der Waals surface area contributed by atoms with Gasteiger partial charge >= 0.3 is 0 Å². The van der Waals surface area contributed by atoms with Crippen molar-refractivity contribution in [2.45, 2.75) is 12.8 Å². The molecule has 4 nitrogen and oxygen atoms in total. The van der Waals surface area contributed by atoms with E-state index in [1.54, 1.807) is 0 Å². The molecule has 4 rings (SSSR count). The highest BCUT2D eigenvalue weighted by atomic mass is 35.5. The molecule has 0 spiro atoms. The maximum absolute atomic E-state index is 6.11. The van der Waals surface area contributed by atoms with Crippen molar-refractivity contribution in [1.82, 2.24) is 9.88 Å². The Morgan fingerprint density at radius 3 is 2.70 bits per heavy atom. The van der Waals surface area contributed by atoms with Crippen molar-refractivity contribution in [3.8, 4) is 5.75 Å². The van der Waals surface area contributed by atoms with Gasteiger partial charge in [-0.2, -0.15) is 0 Å². The van der Waals surface area contributed by atoms with E-state index in [4.69, 9.17) is 16.3 Å². The Bertz CT molecular complexity index is 871. The minimum Gasteiger partial charge on any atom is -0.494 e. The summed E-state index contributed by atoms with van der Waals surface area (Å²) < 4.78 is 5.90. The van der Waals surface area contributed by atoms with Gasteiger partial charge in [-0.05, 0) is 61.2 Å². The molecule has 2 heterocycles. The van der Waals surface area contributed by atoms with Crippen LogP contribution in [-0.4, -0.2) is 49.2 Å². The van der Waals surface area contributed by atoms with Crippen LogP contribution < -0.4 is 9.64 Å². The molecule has 1 fully saturated rings. The molecule has 0 amide bonds. The third kappa shape index (κ3) is 4.76. The van der Waals surface area contributed by atoms with Gasteiger partial charge in [-0.1, -0.05) is 17.7 Å². The number of aromatic amines is 1. The van der Waals surface area contributed by atoms with Crippen LogP contribution in [0.25, 0.3) is 10.9 Å². The van der Waals surface area contributed by atoms with Gasteiger partial charge in [0.05, 0.1) is 6.61 Å². The third-order valence-electron chi connectivity index (χ3n) is 5.21. The number of nitrogens with one attached hydrogen (secondary N) is 1. The summed E-state index contributed by atoms with van der Waals surface area (Å²) in [7, 11) is 0. The number of halogens is 1. The molecule has 142 valence electrons. The Balaban J connectivity index is 1.14. The lowest BCUT2D eigenvalue weighted by molar-refractivity contribution is 0.238. The lowest BCUT2D eigenvalue weighted by Crippen LogP contribution is -2.46. The SMILES string of the molecule is Clc1cccc(N2CCN(CCCCOc3ccc4cc[nH]c4c3)CC2)c1. The zero-order valence-corrected chi connectivity index (χ0v) is 16.3. The summed E-state index contributed by atoms with van der Waals surface area (Å²) in [5.74, 6) is 0.945. The Morgan fingerprint density at radius 1 is 0.963 bits per heavy atom. The first-order chi connectivity index (χ1) is 13.3. The van der Waals surface area contributed by atoms with Crippen LogP contribution >= 0.6 is 11.6 Å². The van der Waals surface area contributed by atoms with Crippen LogP contribution in [0.1, 0.15) is 12.8 Å². The summed E-state index contributed by atoms with van der Waals surface area (Å²) in [6.07, 6.45) is 4.21. The number of benzene rings is 2. The number of nitrogens with zero attached hydrogens (tertiary/aromatic N) is 2. The van der Waals surface area contributed by atoms with Crippen molar-refractivity contribution >= 4 is 28.2 Å². The molecule has 0 atom stereocenters. The van der Waals surface area contributed by atoms with Gasteiger partial charge in [-0.3, -0.25) is 4.90 Å². The molecule has 0 unspecified atom stereocenters. The second-order valence-electron chi connectivity index (χ2n) is 7.09. The van der Waals surface area contributed by atoms with E-state index in [9.17, 15) is 0 Å². The van der Waals surface area contributed by atoms with Crippen LogP contribution in [0.3, 0.4) is 0 Å². The first-order valence-electron chi connectivity index (χ1n) is 9.71. The molecule has 1 saturated heterocycles. The fraction of sp³-hybridized carbons (Fsp3) is 0.364. The van der Waals surface area contributed by atoms with Crippen molar-refractivity contribution < 1.29 is 4.74 Å². The fourth-order valence-electron chi connectivity index (χ4n) is 3.65. The molecule has 0 radical (unpaired) electrons. The maximum atomic E-state index is 6.11. The molecular weight excluding hydrogens is 358 g/mol. The number of anilines is 1. The quantitative estimate of drug-likeness (QED) is 0.594. The van der Waals surface area contributed by atoms with Gasteiger partial charge in [0, 0.05) is 54.7 Å². The number of ether oxygens (including phenoxy) is 1. The van der Waals surface area contributed by atoms with Crippen LogP contribution in [-0.2, 0) is 0 Å². The van der Waals surface area contributed by atoms with E-state index in [0.717, 1.165) is 62.0 Å². The lowest BCUT2D eigenvalue weighted by atomic mass is 10.2. The van der Waals surface area contributed by atoms with E-state index in [-0.39, 0.29) is 0 Å². The molecule has 0 bridgehead atoms. The molecule has 3 aromatic rings. The monoisotopic (exact) mass is 383 g/mol. The van der Waals surface area contributed by atoms with Gasteiger partial charge in [-0.25, -0.2) is 0 Å². The minimum atomic E-state index is 0.773. The summed E-state index contributed by atoms with van der Waals surface area (Å²) in [5, 5.41) is 2.03. The number of hydrogen-bond acceptors (Lipinski definition) is 3. The topological polar surface area (TPSA) is 31.5 Å². The molecule has 0 aliphatic carbocycles. The highest BCUT2D eigenvalue weighted by Gasteiger charge is 2.16. The fourth-order valence-corrected chi connectivity index (χ4v) is 3.83. The summed E-state index contributed by atoms with van der Waals surface area (Å²) in [4.78, 5) is 8.19. The van der Waals surface area contributed by atoms with Crippen molar-refractivity contribution in [2.75, 3.05) is 44.2 Å². The van der Waals surface area contributed by atoms with Gasteiger partial charge in [0.1, 0.15) is 5.75 Å². The second kappa shape index (κ2) is 8.68. The molecule has 1 aliphatic heterocycles. The Morgan fingerprint density at radius 2 is 1.85 bits per heavy atom. The summed E-state index contributed by atoms with van der Waals surface area (Å²) in [6, 6.07) is 16.4. The Labute approximate surface area is 165 Å². The number of aromatic nitrogens is 1. The molecule has 27 heavy (non-hydrogen) atoms. The Kier molecular flexibility index (Phi) is 5.85. The first kappa shape index (κ1) is 18.2. The molecule has 5 heteroatoms. The average Bonchev–Trinajstić information content (AvgIpc) is 3.16. The van der Waals surface area contributed by atoms with Crippen LogP contribution in [0.5, 0.6) is 5.75 Å². The van der Waals surface area contributed by atoms with Crippen molar-refractivity contribution in [2.24, 2.45) is 0 Å². The van der Waals surface area contributed by atoms with Gasteiger partial charge in [0.15, 0.2) is 0 Å². The van der Waals surface area contributed by atoms with E-state index < -0.39 is 0 Å². The van der Waals surface area contributed by atoms with E-state index in [0.29, 0.717) is 0 Å². The van der Waals surface area contributed by atoms with Crippen molar-refractivity contribution in [1.29, 1.82) is 0 Å². The maximum Gasteiger partial charge on any atom is 0.121 e. The van der Waals surface area contributed by atoms with Gasteiger partial charge in [0.2, 0.25) is 0 Å². The predicted molar refractivity (Wildman–Crippen MR) is 113 cm³/mol. The van der Waals surface area contributed by atoms with E-state index >= 15 is 0 Å². The standard InChI is InChI=1S/C22H26ClN3O/c23-19-4-3-5-20(16-19)26-13-11-25(12-14-26)10-1-2-15-27-21-7-6-18-8-9-24-22(18)17-21/h3-9,16-17,24H,1-2,10-15H2. The third-order valence-corrected chi connectivity index (χ3v) is 5.44. The van der Waals surface area contributed by atoms with Crippen LogP contribution in [0, 0.1) is 0 Å². The molecule has 1 aromatic heterocycles. The van der Waals surface area contributed by atoms with Gasteiger partial charge in [-0.15, -0.1) is 0 Å². The van der Waals surface area contributed by atoms with E-state index in [1.807, 2.05) is 24.4 Å². The highest BCUT2D eigenvalue weighted by Crippen LogP contribution is 2.21. The summed E-state index contributed by atoms with van der Waals surface area (Å²) >= 11 is 6.11. The number of piperazine rings is 1. The van der Waals surface area contributed by atoms with Crippen LogP contribution in [0.15, 0.2) is 54.7 Å². The average molecular weight is 384 g/mol. The number of H-pyrrole nitrogens is 1. The number of hydrogen-bond donors (Lipinski definition) is 1. The number of unbranched alkanes of at least 4 members (excludes halogenated alkanes) is 1. The molecular formula is C22H26ClN3O. The van der Waals surface area contributed by atoms with E-state index in [2.05, 4.69) is 45.1 Å². The van der Waals surface area contributed by atoms with Gasteiger partial charge in [0.25, 0.3) is 0 Å². The smallest absolute Gasteiger partial charge is 0.121 e. The lowest BCUT2D eigenvalue weighted by Gasteiger charge is -2.36. The molecule has 2 aromatic carbocycles. The van der Waals surface area contributed by atoms with Crippen molar-refractivity contribution in [3.63, 3.8) is 0 Å². The largest absolute Gasteiger partial charge is 0.494 e. The normalized spacial score (nSPS) is 15.4. The first-order valence-corrected chi connectivity index (χ1v) is 10.1. The highest BCUT2D eigenvalue weighted by molar-refractivity contribution is 6.30. The number of fused-ring (bicyclic) bond motifs is 1. The van der Waals surface area contributed by atoms with Crippen molar-refractivity contribution in [3.05, 3.63) is 59.8 Å². The van der Waals surface area contributed by atoms with Crippen LogP contribution in [0.2, 0.25) is 5.02 Å². The number of rotatable bonds is 7. The second-order valence-corrected chi connectivity index (χ2v) is 7.53. The molecule has 1 N–H and O–H groups in total. The zero-order valence-electron chi connectivity index (χ0n) is 15.5. The zero-order chi connectivity index (χ0) is 18.5. The van der Waals surface area contributed by atoms with Crippen LogP contribution in [0.4, 0.5) is 5.69 Å². The Hall–Kier alpha value is -2.17. The summed E-state index contributed by atoms with van der Waals surface area (Å²) in [6.45, 7) is 6.25. The van der Waals surface area contributed by atoms with E-state index in [1.165, 1.54) is 17.5 Å². The van der Waals surface area contributed by atoms with Gasteiger partial charge < -0.3 is 14.6 Å².